The van der Waals surface area contributed by atoms with E-state index in [1.807, 2.05) is 17.5 Å². The van der Waals surface area contributed by atoms with E-state index in [1.54, 1.807) is 18.5 Å². The molecule has 3 aromatic rings. The molecule has 0 unspecified atom stereocenters. The summed E-state index contributed by atoms with van der Waals surface area (Å²) >= 11 is 1.49. The quantitative estimate of drug-likeness (QED) is 0.804. The van der Waals surface area contributed by atoms with Crippen molar-refractivity contribution < 1.29 is 9.18 Å². The van der Waals surface area contributed by atoms with Crippen LogP contribution in [0.1, 0.15) is 16.1 Å². The summed E-state index contributed by atoms with van der Waals surface area (Å²) in [6, 6.07) is 9.37. The van der Waals surface area contributed by atoms with Gasteiger partial charge >= 0.3 is 0 Å². The van der Waals surface area contributed by atoms with Gasteiger partial charge in [-0.15, -0.1) is 11.3 Å². The zero-order valence-electron chi connectivity index (χ0n) is 11.5. The number of halogens is 1. The minimum Gasteiger partial charge on any atom is -0.346 e. The molecule has 110 valence electrons. The summed E-state index contributed by atoms with van der Waals surface area (Å²) in [7, 11) is 0. The molecule has 0 fully saturated rings. The summed E-state index contributed by atoms with van der Waals surface area (Å²) < 4.78 is 13.1. The highest BCUT2D eigenvalue weighted by atomic mass is 32.1. The molecule has 0 aliphatic carbocycles. The number of nitrogens with one attached hydrogen (secondary N) is 1. The molecule has 0 saturated carbocycles. The Kier molecular flexibility index (Phi) is 4.20. The van der Waals surface area contributed by atoms with Crippen LogP contribution in [0, 0.1) is 5.82 Å². The molecule has 0 radical (unpaired) electrons. The number of carbonyl (C=O) groups excluding carboxylic acids is 1. The monoisotopic (exact) mass is 313 g/mol. The second-order valence-electron chi connectivity index (χ2n) is 4.58. The van der Waals surface area contributed by atoms with Crippen LogP contribution in [0.2, 0.25) is 0 Å². The summed E-state index contributed by atoms with van der Waals surface area (Å²) in [6.45, 7) is 0.298. The van der Waals surface area contributed by atoms with Gasteiger partial charge in [-0.3, -0.25) is 9.78 Å². The lowest BCUT2D eigenvalue weighted by atomic mass is 10.2. The normalized spacial score (nSPS) is 10.4. The fourth-order valence-electron chi connectivity index (χ4n) is 1.91. The molecule has 2 heterocycles. The minimum absolute atomic E-state index is 0.294. The Labute approximate surface area is 130 Å². The van der Waals surface area contributed by atoms with E-state index in [9.17, 15) is 9.18 Å². The van der Waals surface area contributed by atoms with Crippen molar-refractivity contribution in [1.82, 2.24) is 15.3 Å². The molecule has 6 heteroatoms. The Morgan fingerprint density at radius 1 is 1.27 bits per heavy atom. The maximum absolute atomic E-state index is 13.1. The van der Waals surface area contributed by atoms with E-state index in [2.05, 4.69) is 15.3 Å². The summed E-state index contributed by atoms with van der Waals surface area (Å²) in [5.41, 5.74) is 1.99. The van der Waals surface area contributed by atoms with Gasteiger partial charge in [-0.2, -0.15) is 0 Å². The van der Waals surface area contributed by atoms with Gasteiger partial charge in [0, 0.05) is 28.9 Å². The molecular weight excluding hydrogens is 301 g/mol. The summed E-state index contributed by atoms with van der Waals surface area (Å²) in [6.07, 6.45) is 3.45. The van der Waals surface area contributed by atoms with Gasteiger partial charge in [0.05, 0.1) is 12.2 Å². The van der Waals surface area contributed by atoms with Gasteiger partial charge in [-0.25, -0.2) is 9.37 Å². The lowest BCUT2D eigenvalue weighted by molar-refractivity contribution is 0.0950. The maximum Gasteiger partial charge on any atom is 0.251 e. The minimum atomic E-state index is -0.430. The third kappa shape index (κ3) is 3.35. The largest absolute Gasteiger partial charge is 0.346 e. The molecule has 1 aromatic carbocycles. The van der Waals surface area contributed by atoms with Gasteiger partial charge < -0.3 is 5.32 Å². The van der Waals surface area contributed by atoms with E-state index in [-0.39, 0.29) is 5.91 Å². The average Bonchev–Trinajstić information content (AvgIpc) is 3.02. The predicted molar refractivity (Wildman–Crippen MR) is 82.9 cm³/mol. The fraction of sp³-hybridized carbons (Fsp3) is 0.0625. The topological polar surface area (TPSA) is 54.9 Å². The van der Waals surface area contributed by atoms with Crippen molar-refractivity contribution in [3.05, 3.63) is 71.2 Å². The number of pyridine rings is 1. The molecule has 1 amide bonds. The van der Waals surface area contributed by atoms with E-state index in [0.29, 0.717) is 12.1 Å². The Hall–Kier alpha value is -2.60. The summed E-state index contributed by atoms with van der Waals surface area (Å²) in [5.74, 6) is -0.754. The van der Waals surface area contributed by atoms with Crippen molar-refractivity contribution in [3.63, 3.8) is 0 Å². The van der Waals surface area contributed by atoms with Crippen molar-refractivity contribution >= 4 is 17.2 Å². The molecule has 0 spiro atoms. The first-order valence-electron chi connectivity index (χ1n) is 6.61. The highest BCUT2D eigenvalue weighted by Crippen LogP contribution is 2.22. The second-order valence-corrected chi connectivity index (χ2v) is 5.44. The third-order valence-corrected chi connectivity index (χ3v) is 3.92. The zero-order valence-corrected chi connectivity index (χ0v) is 12.3. The van der Waals surface area contributed by atoms with E-state index < -0.39 is 5.82 Å². The molecule has 3 rings (SSSR count). The van der Waals surface area contributed by atoms with Gasteiger partial charge in [0.25, 0.3) is 5.91 Å². The first-order chi connectivity index (χ1) is 10.7. The number of hydrogen-bond donors (Lipinski definition) is 1. The van der Waals surface area contributed by atoms with Gasteiger partial charge in [-0.1, -0.05) is 6.07 Å². The molecule has 0 aliphatic rings. The van der Waals surface area contributed by atoms with Crippen LogP contribution < -0.4 is 5.32 Å². The van der Waals surface area contributed by atoms with Crippen LogP contribution in [0.25, 0.3) is 10.6 Å². The smallest absolute Gasteiger partial charge is 0.251 e. The predicted octanol–water partition coefficient (Wildman–Crippen LogP) is 3.27. The first kappa shape index (κ1) is 14.3. The number of hydrogen-bond acceptors (Lipinski definition) is 4. The summed E-state index contributed by atoms with van der Waals surface area (Å²) in [4.78, 5) is 20.4. The molecular formula is C16H12FN3OS. The molecule has 2 aromatic heterocycles. The van der Waals surface area contributed by atoms with Crippen LogP contribution >= 0.6 is 11.3 Å². The molecule has 4 nitrogen and oxygen atoms in total. The molecule has 22 heavy (non-hydrogen) atoms. The SMILES string of the molecule is O=C(NCc1csc(-c2cccnc2)n1)c1cccc(F)c1. The zero-order chi connectivity index (χ0) is 15.4. The Balaban J connectivity index is 1.65. The van der Waals surface area contributed by atoms with Crippen LogP contribution in [0.5, 0.6) is 0 Å². The molecule has 0 aliphatic heterocycles. The Morgan fingerprint density at radius 3 is 2.95 bits per heavy atom. The van der Waals surface area contributed by atoms with Crippen LogP contribution in [0.4, 0.5) is 4.39 Å². The van der Waals surface area contributed by atoms with Crippen LogP contribution in [0.3, 0.4) is 0 Å². The van der Waals surface area contributed by atoms with Gasteiger partial charge in [0.2, 0.25) is 0 Å². The Bertz CT molecular complexity index is 789. The number of benzene rings is 1. The van der Waals surface area contributed by atoms with Crippen LogP contribution in [-0.4, -0.2) is 15.9 Å². The number of amides is 1. The highest BCUT2D eigenvalue weighted by Gasteiger charge is 2.08. The first-order valence-corrected chi connectivity index (χ1v) is 7.49. The molecule has 0 bridgehead atoms. The van der Waals surface area contributed by atoms with Crippen molar-refractivity contribution in [1.29, 1.82) is 0 Å². The molecule has 0 atom stereocenters. The number of rotatable bonds is 4. The maximum atomic E-state index is 13.1. The summed E-state index contributed by atoms with van der Waals surface area (Å²) in [5, 5.41) is 5.46. The van der Waals surface area contributed by atoms with Gasteiger partial charge in [0.1, 0.15) is 10.8 Å². The van der Waals surface area contributed by atoms with Gasteiger partial charge in [-0.05, 0) is 30.3 Å². The number of aromatic nitrogens is 2. The molecule has 1 N–H and O–H groups in total. The van der Waals surface area contributed by atoms with Gasteiger partial charge in [0.15, 0.2) is 0 Å². The Morgan fingerprint density at radius 2 is 2.18 bits per heavy atom. The van der Waals surface area contributed by atoms with Crippen molar-refractivity contribution in [2.45, 2.75) is 6.54 Å². The van der Waals surface area contributed by atoms with E-state index >= 15 is 0 Å². The van der Waals surface area contributed by atoms with Crippen molar-refractivity contribution in [2.24, 2.45) is 0 Å². The van der Waals surface area contributed by atoms with E-state index in [1.165, 1.54) is 29.5 Å². The van der Waals surface area contributed by atoms with Crippen LogP contribution in [0.15, 0.2) is 54.2 Å². The van der Waals surface area contributed by atoms with Crippen molar-refractivity contribution in [2.75, 3.05) is 0 Å². The lowest BCUT2D eigenvalue weighted by Gasteiger charge is -2.03. The number of carbonyl (C=O) groups is 1. The average molecular weight is 313 g/mol. The standard InChI is InChI=1S/C16H12FN3OS/c17-13-5-1-3-11(7-13)15(21)19-9-14-10-22-16(20-14)12-4-2-6-18-8-12/h1-8,10H,9H2,(H,19,21). The lowest BCUT2D eigenvalue weighted by Crippen LogP contribution is -2.23. The fourth-order valence-corrected chi connectivity index (χ4v) is 2.72. The van der Waals surface area contributed by atoms with E-state index in [0.717, 1.165) is 16.3 Å². The second kappa shape index (κ2) is 6.44. The number of thiazole rings is 1. The van der Waals surface area contributed by atoms with Crippen molar-refractivity contribution in [3.8, 4) is 10.6 Å². The molecule has 0 saturated heterocycles. The number of nitrogens with zero attached hydrogens (tertiary/aromatic N) is 2. The van der Waals surface area contributed by atoms with E-state index in [4.69, 9.17) is 0 Å². The third-order valence-electron chi connectivity index (χ3n) is 2.98. The van der Waals surface area contributed by atoms with Crippen LogP contribution in [-0.2, 0) is 6.54 Å². The highest BCUT2D eigenvalue weighted by molar-refractivity contribution is 7.13.